The van der Waals surface area contributed by atoms with Crippen LogP contribution in [0, 0.1) is 0 Å². The van der Waals surface area contributed by atoms with Crippen LogP contribution in [0.25, 0.3) is 0 Å². The second kappa shape index (κ2) is 7.65. The topological polar surface area (TPSA) is 50.8 Å². The molecule has 0 spiro atoms. The molecule has 0 aliphatic carbocycles. The van der Waals surface area contributed by atoms with Gasteiger partial charge in [-0.15, -0.1) is 0 Å². The monoisotopic (exact) mass is 346 g/mol. The van der Waals surface area contributed by atoms with E-state index in [4.69, 9.17) is 9.47 Å². The summed E-state index contributed by atoms with van der Waals surface area (Å²) in [6.07, 6.45) is 3.91. The van der Waals surface area contributed by atoms with Gasteiger partial charge in [-0.1, -0.05) is 18.2 Å². The van der Waals surface area contributed by atoms with E-state index in [-0.39, 0.29) is 23.8 Å². The van der Waals surface area contributed by atoms with E-state index in [1.807, 2.05) is 26.8 Å². The molecule has 138 valence electrons. The number of amides is 1. The summed E-state index contributed by atoms with van der Waals surface area (Å²) in [6.45, 7) is 8.73. The Kier molecular flexibility index (Phi) is 5.52. The minimum Gasteiger partial charge on any atom is -0.489 e. The first-order chi connectivity index (χ1) is 11.9. The number of likely N-dealkylation sites (tertiary alicyclic amines) is 1. The first kappa shape index (κ1) is 18.1. The molecule has 2 aliphatic rings. The molecule has 1 saturated heterocycles. The maximum absolute atomic E-state index is 11.9. The van der Waals surface area contributed by atoms with E-state index in [1.54, 1.807) is 0 Å². The lowest BCUT2D eigenvalue weighted by Gasteiger charge is -2.35. The van der Waals surface area contributed by atoms with Gasteiger partial charge in [-0.25, -0.2) is 4.79 Å². The lowest BCUT2D eigenvalue weighted by molar-refractivity contribution is 0.0324. The highest BCUT2D eigenvalue weighted by molar-refractivity contribution is 5.68. The summed E-state index contributed by atoms with van der Waals surface area (Å²) in [5.74, 6) is 1.04. The third-order valence-electron chi connectivity index (χ3n) is 4.75. The van der Waals surface area contributed by atoms with Crippen LogP contribution in [0.5, 0.6) is 5.75 Å². The molecule has 5 heteroatoms. The van der Waals surface area contributed by atoms with Crippen LogP contribution in [0.15, 0.2) is 24.3 Å². The van der Waals surface area contributed by atoms with Crippen LogP contribution in [0.1, 0.15) is 45.6 Å². The summed E-state index contributed by atoms with van der Waals surface area (Å²) in [4.78, 5) is 14.3. The Hall–Kier alpha value is -1.75. The fourth-order valence-electron chi connectivity index (χ4n) is 3.49. The number of rotatable bonds is 3. The minimum atomic E-state index is -0.307. The molecule has 2 aliphatic heterocycles. The number of ether oxygens (including phenoxy) is 2. The standard InChI is InChI=1S/C20H30N2O3/c1-20(2,3)21-19(23)25-16-10-12-22(13-11-16)14-17-9-8-15-6-4-5-7-18(15)24-17/h4-7,16-17H,8-14H2,1-3H3,(H,21,23). The predicted molar refractivity (Wildman–Crippen MR) is 98.0 cm³/mol. The average Bonchev–Trinajstić information content (AvgIpc) is 2.55. The zero-order valence-corrected chi connectivity index (χ0v) is 15.6. The Morgan fingerprint density at radius 3 is 2.68 bits per heavy atom. The Balaban J connectivity index is 1.41. The Morgan fingerprint density at radius 1 is 1.24 bits per heavy atom. The van der Waals surface area contributed by atoms with Crippen LogP contribution < -0.4 is 10.1 Å². The van der Waals surface area contributed by atoms with Crippen molar-refractivity contribution in [3.63, 3.8) is 0 Å². The molecule has 0 aromatic heterocycles. The van der Waals surface area contributed by atoms with E-state index in [9.17, 15) is 4.79 Å². The summed E-state index contributed by atoms with van der Waals surface area (Å²) < 4.78 is 11.7. The fourth-order valence-corrected chi connectivity index (χ4v) is 3.49. The zero-order valence-electron chi connectivity index (χ0n) is 15.6. The van der Waals surface area contributed by atoms with Gasteiger partial charge in [0.05, 0.1) is 0 Å². The highest BCUT2D eigenvalue weighted by Crippen LogP contribution is 2.28. The molecule has 1 atom stereocenters. The largest absolute Gasteiger partial charge is 0.489 e. The third-order valence-corrected chi connectivity index (χ3v) is 4.75. The average molecular weight is 346 g/mol. The number of piperidine rings is 1. The molecule has 5 nitrogen and oxygen atoms in total. The molecule has 0 radical (unpaired) electrons. The number of para-hydroxylation sites is 1. The van der Waals surface area contributed by atoms with Crippen molar-refractivity contribution in [1.82, 2.24) is 10.2 Å². The molecule has 25 heavy (non-hydrogen) atoms. The van der Waals surface area contributed by atoms with Gasteiger partial charge in [0.2, 0.25) is 0 Å². The van der Waals surface area contributed by atoms with E-state index in [1.165, 1.54) is 5.56 Å². The smallest absolute Gasteiger partial charge is 0.407 e. The molecule has 3 rings (SSSR count). The van der Waals surface area contributed by atoms with Gasteiger partial charge in [0.25, 0.3) is 0 Å². The summed E-state index contributed by atoms with van der Waals surface area (Å²) >= 11 is 0. The number of hydrogen-bond acceptors (Lipinski definition) is 4. The van der Waals surface area contributed by atoms with Gasteiger partial charge >= 0.3 is 6.09 Å². The molecule has 1 aromatic rings. The first-order valence-corrected chi connectivity index (χ1v) is 9.35. The molecule has 1 N–H and O–H groups in total. The van der Waals surface area contributed by atoms with Gasteiger partial charge in [0.15, 0.2) is 0 Å². The molecule has 1 amide bonds. The van der Waals surface area contributed by atoms with Crippen molar-refractivity contribution in [1.29, 1.82) is 0 Å². The van der Waals surface area contributed by atoms with Crippen LogP contribution in [0.3, 0.4) is 0 Å². The van der Waals surface area contributed by atoms with Crippen molar-refractivity contribution in [2.75, 3.05) is 19.6 Å². The lowest BCUT2D eigenvalue weighted by atomic mass is 10.0. The number of aryl methyl sites for hydroxylation is 1. The summed E-state index contributed by atoms with van der Waals surface area (Å²) in [7, 11) is 0. The Morgan fingerprint density at radius 2 is 1.96 bits per heavy atom. The van der Waals surface area contributed by atoms with Crippen molar-refractivity contribution >= 4 is 6.09 Å². The number of hydrogen-bond donors (Lipinski definition) is 1. The van der Waals surface area contributed by atoms with Gasteiger partial charge in [-0.05, 0) is 58.1 Å². The molecule has 2 heterocycles. The van der Waals surface area contributed by atoms with Crippen molar-refractivity contribution in [3.05, 3.63) is 29.8 Å². The number of nitrogens with one attached hydrogen (secondary N) is 1. The van der Waals surface area contributed by atoms with Gasteiger partial charge in [-0.3, -0.25) is 4.90 Å². The molecule has 0 bridgehead atoms. The number of alkyl carbamates (subject to hydrolysis) is 1. The second-order valence-electron chi connectivity index (χ2n) is 8.17. The van der Waals surface area contributed by atoms with Gasteiger partial charge in [-0.2, -0.15) is 0 Å². The summed E-state index contributed by atoms with van der Waals surface area (Å²) in [5.41, 5.74) is 1.06. The summed E-state index contributed by atoms with van der Waals surface area (Å²) in [5, 5.41) is 2.86. The van der Waals surface area contributed by atoms with Gasteiger partial charge in [0, 0.05) is 25.2 Å². The molecular weight excluding hydrogens is 316 g/mol. The SMILES string of the molecule is CC(C)(C)NC(=O)OC1CCN(CC2CCc3ccccc3O2)CC1. The molecule has 0 saturated carbocycles. The number of benzene rings is 1. The Labute approximate surface area is 150 Å². The molecule has 1 unspecified atom stereocenters. The van der Waals surface area contributed by atoms with Gasteiger partial charge < -0.3 is 14.8 Å². The van der Waals surface area contributed by atoms with E-state index < -0.39 is 0 Å². The summed E-state index contributed by atoms with van der Waals surface area (Å²) in [6, 6.07) is 8.32. The number of carbonyl (C=O) groups is 1. The van der Waals surface area contributed by atoms with E-state index in [2.05, 4.69) is 28.4 Å². The lowest BCUT2D eigenvalue weighted by Crippen LogP contribution is -2.46. The van der Waals surface area contributed by atoms with E-state index in [0.29, 0.717) is 0 Å². The fraction of sp³-hybridized carbons (Fsp3) is 0.650. The van der Waals surface area contributed by atoms with Crippen LogP contribution in [0.4, 0.5) is 4.79 Å². The highest BCUT2D eigenvalue weighted by atomic mass is 16.6. The third kappa shape index (κ3) is 5.36. The highest BCUT2D eigenvalue weighted by Gasteiger charge is 2.27. The van der Waals surface area contributed by atoms with Crippen LogP contribution in [-0.2, 0) is 11.2 Å². The normalized spacial score (nSPS) is 22.0. The molecular formula is C20H30N2O3. The van der Waals surface area contributed by atoms with Crippen molar-refractivity contribution in [2.24, 2.45) is 0 Å². The van der Waals surface area contributed by atoms with Crippen molar-refractivity contribution in [2.45, 2.75) is 64.2 Å². The van der Waals surface area contributed by atoms with Crippen molar-refractivity contribution in [3.8, 4) is 5.75 Å². The predicted octanol–water partition coefficient (Wildman–Crippen LogP) is 3.37. The van der Waals surface area contributed by atoms with Gasteiger partial charge in [0.1, 0.15) is 18.0 Å². The molecule has 1 fully saturated rings. The zero-order chi connectivity index (χ0) is 17.9. The maximum atomic E-state index is 11.9. The molecule has 1 aromatic carbocycles. The van der Waals surface area contributed by atoms with Crippen LogP contribution in [0.2, 0.25) is 0 Å². The van der Waals surface area contributed by atoms with E-state index >= 15 is 0 Å². The maximum Gasteiger partial charge on any atom is 0.407 e. The quantitative estimate of drug-likeness (QED) is 0.912. The van der Waals surface area contributed by atoms with Crippen LogP contribution in [-0.4, -0.2) is 48.4 Å². The number of nitrogens with zero attached hydrogens (tertiary/aromatic N) is 1. The second-order valence-corrected chi connectivity index (χ2v) is 8.17. The number of fused-ring (bicyclic) bond motifs is 1. The minimum absolute atomic E-state index is 0.0200. The number of carbonyl (C=O) groups excluding carboxylic acids is 1. The Bertz CT molecular complexity index is 589. The van der Waals surface area contributed by atoms with E-state index in [0.717, 1.165) is 51.1 Å². The van der Waals surface area contributed by atoms with Crippen LogP contribution >= 0.6 is 0 Å². The first-order valence-electron chi connectivity index (χ1n) is 9.35. The van der Waals surface area contributed by atoms with Crippen molar-refractivity contribution < 1.29 is 14.3 Å².